The lowest BCUT2D eigenvalue weighted by atomic mass is 10.1. The van der Waals surface area contributed by atoms with Crippen LogP contribution < -0.4 is 0 Å². The standard InChI is InChI=1S/C8H9ClOS/c1-5-7(3-9)8(4-10)6(2)11-5/h4H,3H2,1-2H3. The van der Waals surface area contributed by atoms with E-state index < -0.39 is 0 Å². The van der Waals surface area contributed by atoms with E-state index in [-0.39, 0.29) is 0 Å². The third kappa shape index (κ3) is 1.47. The summed E-state index contributed by atoms with van der Waals surface area (Å²) in [6.45, 7) is 3.93. The predicted octanol–water partition coefficient (Wildman–Crippen LogP) is 2.92. The van der Waals surface area contributed by atoms with Gasteiger partial charge < -0.3 is 0 Å². The summed E-state index contributed by atoms with van der Waals surface area (Å²) in [6, 6.07) is 0. The van der Waals surface area contributed by atoms with E-state index in [1.807, 2.05) is 13.8 Å². The largest absolute Gasteiger partial charge is 0.298 e. The van der Waals surface area contributed by atoms with Gasteiger partial charge in [-0.3, -0.25) is 4.79 Å². The third-order valence-electron chi connectivity index (χ3n) is 1.69. The monoisotopic (exact) mass is 188 g/mol. The fraction of sp³-hybridized carbons (Fsp3) is 0.375. The molecule has 0 aliphatic carbocycles. The Morgan fingerprint density at radius 1 is 1.45 bits per heavy atom. The molecule has 0 spiro atoms. The van der Waals surface area contributed by atoms with E-state index in [0.717, 1.165) is 27.2 Å². The van der Waals surface area contributed by atoms with E-state index in [1.54, 1.807) is 11.3 Å². The number of aryl methyl sites for hydroxylation is 2. The summed E-state index contributed by atoms with van der Waals surface area (Å²) in [5.41, 5.74) is 1.77. The van der Waals surface area contributed by atoms with Gasteiger partial charge in [0.15, 0.2) is 6.29 Å². The SMILES string of the molecule is Cc1sc(C)c(CCl)c1C=O. The molecule has 3 heteroatoms. The molecule has 0 fully saturated rings. The summed E-state index contributed by atoms with van der Waals surface area (Å²) in [6.07, 6.45) is 0.885. The Balaban J connectivity index is 3.28. The fourth-order valence-corrected chi connectivity index (χ4v) is 2.54. The smallest absolute Gasteiger partial charge is 0.151 e. The molecular weight excluding hydrogens is 180 g/mol. The topological polar surface area (TPSA) is 17.1 Å². The lowest BCUT2D eigenvalue weighted by Gasteiger charge is -1.92. The fourth-order valence-electron chi connectivity index (χ4n) is 1.07. The van der Waals surface area contributed by atoms with Crippen molar-refractivity contribution in [2.45, 2.75) is 19.7 Å². The van der Waals surface area contributed by atoms with Crippen LogP contribution in [0.5, 0.6) is 0 Å². The minimum absolute atomic E-state index is 0.435. The molecule has 0 aromatic carbocycles. The number of hydrogen-bond acceptors (Lipinski definition) is 2. The Morgan fingerprint density at radius 2 is 2.09 bits per heavy atom. The zero-order valence-electron chi connectivity index (χ0n) is 6.48. The van der Waals surface area contributed by atoms with E-state index in [2.05, 4.69) is 0 Å². The van der Waals surface area contributed by atoms with Gasteiger partial charge in [-0.05, 0) is 19.4 Å². The van der Waals surface area contributed by atoms with Crippen LogP contribution in [0.15, 0.2) is 0 Å². The lowest BCUT2D eigenvalue weighted by molar-refractivity contribution is 0.112. The number of hydrogen-bond donors (Lipinski definition) is 0. The van der Waals surface area contributed by atoms with Crippen LogP contribution in [0, 0.1) is 13.8 Å². The van der Waals surface area contributed by atoms with Gasteiger partial charge in [-0.2, -0.15) is 0 Å². The molecule has 0 aliphatic heterocycles. The van der Waals surface area contributed by atoms with Gasteiger partial charge in [0.25, 0.3) is 0 Å². The first-order valence-corrected chi connectivity index (χ1v) is 4.65. The van der Waals surface area contributed by atoms with Crippen molar-refractivity contribution in [1.29, 1.82) is 0 Å². The molecule has 0 N–H and O–H groups in total. The van der Waals surface area contributed by atoms with E-state index in [9.17, 15) is 4.79 Å². The molecule has 1 aromatic rings. The van der Waals surface area contributed by atoms with Gasteiger partial charge in [0, 0.05) is 21.2 Å². The number of carbonyl (C=O) groups is 1. The summed E-state index contributed by atoms with van der Waals surface area (Å²) in [5, 5.41) is 0. The Labute approximate surface area is 75.0 Å². The lowest BCUT2D eigenvalue weighted by Crippen LogP contribution is -1.86. The van der Waals surface area contributed by atoms with Crippen LogP contribution in [0.4, 0.5) is 0 Å². The van der Waals surface area contributed by atoms with Crippen molar-refractivity contribution in [3.8, 4) is 0 Å². The van der Waals surface area contributed by atoms with Crippen LogP contribution in [0.1, 0.15) is 25.7 Å². The number of thiophene rings is 1. The zero-order valence-corrected chi connectivity index (χ0v) is 8.05. The number of carbonyl (C=O) groups excluding carboxylic acids is 1. The molecule has 0 saturated carbocycles. The van der Waals surface area contributed by atoms with Crippen LogP contribution in [-0.4, -0.2) is 6.29 Å². The molecule has 1 aromatic heterocycles. The van der Waals surface area contributed by atoms with Gasteiger partial charge in [0.2, 0.25) is 0 Å². The second-order valence-electron chi connectivity index (χ2n) is 2.36. The number of rotatable bonds is 2. The van der Waals surface area contributed by atoms with Crippen LogP contribution in [0.3, 0.4) is 0 Å². The Hall–Kier alpha value is -0.340. The molecule has 0 unspecified atom stereocenters. The molecule has 11 heavy (non-hydrogen) atoms. The number of halogens is 1. The first-order chi connectivity index (χ1) is 5.20. The van der Waals surface area contributed by atoms with Crippen LogP contribution in [0.25, 0.3) is 0 Å². The first kappa shape index (κ1) is 8.75. The van der Waals surface area contributed by atoms with Gasteiger partial charge in [0.05, 0.1) is 0 Å². The molecule has 1 nitrogen and oxygen atoms in total. The minimum Gasteiger partial charge on any atom is -0.298 e. The number of aldehydes is 1. The Morgan fingerprint density at radius 3 is 2.45 bits per heavy atom. The zero-order chi connectivity index (χ0) is 8.43. The maximum atomic E-state index is 10.6. The third-order valence-corrected chi connectivity index (χ3v) is 3.03. The average Bonchev–Trinajstić information content (AvgIpc) is 2.24. The molecule has 0 bridgehead atoms. The van der Waals surface area contributed by atoms with Crippen LogP contribution in [0.2, 0.25) is 0 Å². The van der Waals surface area contributed by atoms with Gasteiger partial charge in [0.1, 0.15) is 0 Å². The van der Waals surface area contributed by atoms with Crippen LogP contribution >= 0.6 is 22.9 Å². The first-order valence-electron chi connectivity index (χ1n) is 3.30. The minimum atomic E-state index is 0.435. The summed E-state index contributed by atoms with van der Waals surface area (Å²) in [4.78, 5) is 12.8. The maximum absolute atomic E-state index is 10.6. The van der Waals surface area contributed by atoms with E-state index in [0.29, 0.717) is 5.88 Å². The summed E-state index contributed by atoms with van der Waals surface area (Å²) in [7, 11) is 0. The summed E-state index contributed by atoms with van der Waals surface area (Å²) in [5.74, 6) is 0.435. The van der Waals surface area contributed by atoms with E-state index in [1.165, 1.54) is 0 Å². The molecule has 0 aliphatic rings. The highest BCUT2D eigenvalue weighted by atomic mass is 35.5. The molecular formula is C8H9ClOS. The summed E-state index contributed by atoms with van der Waals surface area (Å²) >= 11 is 7.31. The van der Waals surface area contributed by atoms with Crippen molar-refractivity contribution >= 4 is 29.2 Å². The van der Waals surface area contributed by atoms with Gasteiger partial charge in [-0.1, -0.05) is 0 Å². The van der Waals surface area contributed by atoms with Gasteiger partial charge in [-0.15, -0.1) is 22.9 Å². The molecule has 60 valence electrons. The Bertz CT molecular complexity index is 278. The predicted molar refractivity (Wildman–Crippen MR) is 48.7 cm³/mol. The van der Waals surface area contributed by atoms with Crippen molar-refractivity contribution in [2.24, 2.45) is 0 Å². The Kier molecular flexibility index (Phi) is 2.68. The van der Waals surface area contributed by atoms with Crippen molar-refractivity contribution in [1.82, 2.24) is 0 Å². The van der Waals surface area contributed by atoms with Crippen LogP contribution in [-0.2, 0) is 5.88 Å². The molecule has 0 amide bonds. The number of alkyl halides is 1. The molecule has 0 radical (unpaired) electrons. The highest BCUT2D eigenvalue weighted by Gasteiger charge is 2.10. The van der Waals surface area contributed by atoms with Gasteiger partial charge >= 0.3 is 0 Å². The second kappa shape index (κ2) is 3.37. The normalized spacial score (nSPS) is 10.1. The van der Waals surface area contributed by atoms with E-state index >= 15 is 0 Å². The highest BCUT2D eigenvalue weighted by Crippen LogP contribution is 2.26. The van der Waals surface area contributed by atoms with Crippen molar-refractivity contribution < 1.29 is 4.79 Å². The molecule has 0 atom stereocenters. The molecule has 0 saturated heterocycles. The van der Waals surface area contributed by atoms with Gasteiger partial charge in [-0.25, -0.2) is 0 Å². The maximum Gasteiger partial charge on any atom is 0.151 e. The summed E-state index contributed by atoms with van der Waals surface area (Å²) < 4.78 is 0. The van der Waals surface area contributed by atoms with Crippen molar-refractivity contribution in [3.63, 3.8) is 0 Å². The van der Waals surface area contributed by atoms with Crippen molar-refractivity contribution in [3.05, 3.63) is 20.9 Å². The second-order valence-corrected chi connectivity index (χ2v) is 4.05. The highest BCUT2D eigenvalue weighted by molar-refractivity contribution is 7.12. The molecule has 1 rings (SSSR count). The quantitative estimate of drug-likeness (QED) is 0.515. The average molecular weight is 189 g/mol. The van der Waals surface area contributed by atoms with Crippen molar-refractivity contribution in [2.75, 3.05) is 0 Å². The molecule has 1 heterocycles. The van der Waals surface area contributed by atoms with E-state index in [4.69, 9.17) is 11.6 Å².